The Bertz CT molecular complexity index is 963. The van der Waals surface area contributed by atoms with E-state index in [1.54, 1.807) is 11.3 Å². The van der Waals surface area contributed by atoms with E-state index in [0.717, 1.165) is 33.8 Å². The van der Waals surface area contributed by atoms with Gasteiger partial charge >= 0.3 is 0 Å². The molecule has 1 aliphatic rings. The summed E-state index contributed by atoms with van der Waals surface area (Å²) in [6.45, 7) is 3.95. The molecule has 5 nitrogen and oxygen atoms in total. The monoisotopic (exact) mass is 353 g/mol. The van der Waals surface area contributed by atoms with Crippen LogP contribution in [0.25, 0.3) is 10.7 Å². The van der Waals surface area contributed by atoms with Gasteiger partial charge in [0.25, 0.3) is 5.56 Å². The molecule has 0 radical (unpaired) electrons. The van der Waals surface area contributed by atoms with Gasteiger partial charge in [-0.15, -0.1) is 11.3 Å². The largest absolute Gasteiger partial charge is 0.507 e. The first-order valence-electron chi connectivity index (χ1n) is 8.27. The van der Waals surface area contributed by atoms with Crippen LogP contribution >= 0.6 is 11.3 Å². The first kappa shape index (κ1) is 16.1. The lowest BCUT2D eigenvalue weighted by Gasteiger charge is -2.28. The van der Waals surface area contributed by atoms with E-state index in [0.29, 0.717) is 31.1 Å². The van der Waals surface area contributed by atoms with Gasteiger partial charge in [0, 0.05) is 30.8 Å². The third-order valence-corrected chi connectivity index (χ3v) is 5.50. The molecule has 2 aromatic heterocycles. The summed E-state index contributed by atoms with van der Waals surface area (Å²) in [6, 6.07) is 9.71. The van der Waals surface area contributed by atoms with E-state index >= 15 is 0 Å². The molecule has 0 bridgehead atoms. The van der Waals surface area contributed by atoms with Crippen LogP contribution in [0.1, 0.15) is 22.4 Å². The van der Waals surface area contributed by atoms with Crippen LogP contribution in [0.3, 0.4) is 0 Å². The Kier molecular flexibility index (Phi) is 4.15. The minimum atomic E-state index is -0.0357. The Hall–Kier alpha value is -2.44. The van der Waals surface area contributed by atoms with Crippen molar-refractivity contribution in [1.82, 2.24) is 14.9 Å². The maximum Gasteiger partial charge on any atom is 0.254 e. The molecular formula is C19H19N3O2S. The van der Waals surface area contributed by atoms with Gasteiger partial charge in [-0.2, -0.15) is 0 Å². The predicted molar refractivity (Wildman–Crippen MR) is 98.8 cm³/mol. The number of aromatic amines is 1. The number of aryl methyl sites for hydroxylation is 1. The van der Waals surface area contributed by atoms with Crippen molar-refractivity contribution in [3.8, 4) is 16.5 Å². The van der Waals surface area contributed by atoms with Gasteiger partial charge in [-0.25, -0.2) is 4.98 Å². The molecule has 128 valence electrons. The fourth-order valence-electron chi connectivity index (χ4n) is 3.25. The zero-order valence-electron chi connectivity index (χ0n) is 14.0. The lowest BCUT2D eigenvalue weighted by atomic mass is 10.0. The SMILES string of the molecule is Cc1cccc(CN2CCc3c(nc(-c4cccs4)[nH]c3=O)C2)c1O. The molecule has 0 saturated heterocycles. The third kappa shape index (κ3) is 3.10. The number of phenols is 1. The highest BCUT2D eigenvalue weighted by Gasteiger charge is 2.22. The number of aromatic nitrogens is 2. The fourth-order valence-corrected chi connectivity index (χ4v) is 3.92. The summed E-state index contributed by atoms with van der Waals surface area (Å²) in [5.41, 5.74) is 3.37. The maximum absolute atomic E-state index is 12.4. The Balaban J connectivity index is 1.62. The summed E-state index contributed by atoms with van der Waals surface area (Å²) in [7, 11) is 0. The molecule has 6 heteroatoms. The normalized spacial score (nSPS) is 14.4. The molecule has 0 atom stereocenters. The fraction of sp³-hybridized carbons (Fsp3) is 0.263. The van der Waals surface area contributed by atoms with Crippen LogP contribution in [-0.4, -0.2) is 26.5 Å². The molecular weight excluding hydrogens is 334 g/mol. The van der Waals surface area contributed by atoms with Crippen molar-refractivity contribution in [2.75, 3.05) is 6.54 Å². The number of hydrogen-bond donors (Lipinski definition) is 2. The number of fused-ring (bicyclic) bond motifs is 1. The number of nitrogens with zero attached hydrogens (tertiary/aromatic N) is 2. The molecule has 4 rings (SSSR count). The minimum absolute atomic E-state index is 0.0357. The van der Waals surface area contributed by atoms with Gasteiger partial charge in [-0.05, 0) is 30.4 Å². The van der Waals surface area contributed by atoms with E-state index in [-0.39, 0.29) is 5.56 Å². The van der Waals surface area contributed by atoms with Gasteiger partial charge in [0.1, 0.15) is 5.75 Å². The van der Waals surface area contributed by atoms with Crippen LogP contribution in [0.5, 0.6) is 5.75 Å². The molecule has 0 spiro atoms. The lowest BCUT2D eigenvalue weighted by molar-refractivity contribution is 0.237. The van der Waals surface area contributed by atoms with Crippen LogP contribution in [0, 0.1) is 6.92 Å². The van der Waals surface area contributed by atoms with Crippen molar-refractivity contribution in [2.45, 2.75) is 26.4 Å². The number of thiophene rings is 1. The molecule has 3 aromatic rings. The summed E-state index contributed by atoms with van der Waals surface area (Å²) < 4.78 is 0. The molecule has 0 aliphatic carbocycles. The van der Waals surface area contributed by atoms with E-state index in [9.17, 15) is 9.90 Å². The zero-order valence-corrected chi connectivity index (χ0v) is 14.8. The van der Waals surface area contributed by atoms with Crippen molar-refractivity contribution in [3.63, 3.8) is 0 Å². The molecule has 0 unspecified atom stereocenters. The van der Waals surface area contributed by atoms with Crippen molar-refractivity contribution in [1.29, 1.82) is 0 Å². The summed E-state index contributed by atoms with van der Waals surface area (Å²) in [5, 5.41) is 12.2. The molecule has 1 aliphatic heterocycles. The van der Waals surface area contributed by atoms with Crippen LogP contribution in [0.2, 0.25) is 0 Å². The standard InChI is InChI=1S/C19H19N3O2S/c1-12-4-2-5-13(17(12)23)10-22-8-7-14-15(11-22)20-18(21-19(14)24)16-6-3-9-25-16/h2-6,9,23H,7-8,10-11H2,1H3,(H,20,21,24). The average molecular weight is 353 g/mol. The van der Waals surface area contributed by atoms with E-state index in [1.165, 1.54) is 0 Å². The van der Waals surface area contributed by atoms with Gasteiger partial charge in [0.2, 0.25) is 0 Å². The Morgan fingerprint density at radius 3 is 3.00 bits per heavy atom. The van der Waals surface area contributed by atoms with Crippen molar-refractivity contribution in [2.24, 2.45) is 0 Å². The number of hydrogen-bond acceptors (Lipinski definition) is 5. The van der Waals surface area contributed by atoms with Crippen LogP contribution in [0.4, 0.5) is 0 Å². The molecule has 0 fully saturated rings. The quantitative estimate of drug-likeness (QED) is 0.759. The number of H-pyrrole nitrogens is 1. The second-order valence-electron chi connectivity index (χ2n) is 6.36. The van der Waals surface area contributed by atoms with Crippen molar-refractivity contribution >= 4 is 11.3 Å². The van der Waals surface area contributed by atoms with E-state index < -0.39 is 0 Å². The van der Waals surface area contributed by atoms with E-state index in [1.807, 2.05) is 42.6 Å². The first-order chi connectivity index (χ1) is 12.1. The highest BCUT2D eigenvalue weighted by Crippen LogP contribution is 2.26. The van der Waals surface area contributed by atoms with Gasteiger partial charge in [0.05, 0.1) is 10.6 Å². The Morgan fingerprint density at radius 2 is 2.20 bits per heavy atom. The van der Waals surface area contributed by atoms with Crippen LogP contribution < -0.4 is 5.56 Å². The van der Waals surface area contributed by atoms with Crippen molar-refractivity contribution in [3.05, 3.63) is 68.4 Å². The third-order valence-electron chi connectivity index (χ3n) is 4.62. The Labute approximate surface area is 149 Å². The molecule has 3 heterocycles. The van der Waals surface area contributed by atoms with Crippen LogP contribution in [-0.2, 0) is 19.5 Å². The summed E-state index contributed by atoms with van der Waals surface area (Å²) >= 11 is 1.56. The predicted octanol–water partition coefficient (Wildman–Crippen LogP) is 3.07. The number of aromatic hydroxyl groups is 1. The smallest absolute Gasteiger partial charge is 0.254 e. The van der Waals surface area contributed by atoms with Gasteiger partial charge in [-0.3, -0.25) is 9.69 Å². The van der Waals surface area contributed by atoms with Crippen molar-refractivity contribution < 1.29 is 5.11 Å². The number of phenolic OH excluding ortho intramolecular Hbond substituents is 1. The second kappa shape index (κ2) is 6.46. The van der Waals surface area contributed by atoms with Gasteiger partial charge in [0.15, 0.2) is 5.82 Å². The molecule has 0 saturated carbocycles. The number of benzene rings is 1. The lowest BCUT2D eigenvalue weighted by Crippen LogP contribution is -2.35. The van der Waals surface area contributed by atoms with E-state index in [4.69, 9.17) is 4.98 Å². The molecule has 2 N–H and O–H groups in total. The molecule has 1 aromatic carbocycles. The first-order valence-corrected chi connectivity index (χ1v) is 9.15. The highest BCUT2D eigenvalue weighted by atomic mass is 32.1. The number of rotatable bonds is 3. The Morgan fingerprint density at radius 1 is 1.32 bits per heavy atom. The average Bonchev–Trinajstić information content (AvgIpc) is 3.13. The minimum Gasteiger partial charge on any atom is -0.507 e. The highest BCUT2D eigenvalue weighted by molar-refractivity contribution is 7.13. The summed E-state index contributed by atoms with van der Waals surface area (Å²) in [6.07, 6.45) is 0.676. The number of nitrogens with one attached hydrogen (secondary N) is 1. The molecule has 0 amide bonds. The number of para-hydroxylation sites is 1. The van der Waals surface area contributed by atoms with Gasteiger partial charge in [-0.1, -0.05) is 24.3 Å². The van der Waals surface area contributed by atoms with Crippen LogP contribution in [0.15, 0.2) is 40.5 Å². The topological polar surface area (TPSA) is 69.2 Å². The second-order valence-corrected chi connectivity index (χ2v) is 7.31. The summed E-state index contributed by atoms with van der Waals surface area (Å²) in [4.78, 5) is 23.2. The summed E-state index contributed by atoms with van der Waals surface area (Å²) in [5.74, 6) is 0.991. The zero-order chi connectivity index (χ0) is 17.4. The maximum atomic E-state index is 12.4. The van der Waals surface area contributed by atoms with E-state index in [2.05, 4.69) is 9.88 Å². The molecule has 25 heavy (non-hydrogen) atoms. The van der Waals surface area contributed by atoms with Gasteiger partial charge < -0.3 is 10.1 Å².